The Morgan fingerprint density at radius 1 is 1.50 bits per heavy atom. The second-order valence-electron chi connectivity index (χ2n) is 3.71. The average molecular weight is 222 g/mol. The van der Waals surface area contributed by atoms with Crippen LogP contribution in [0.1, 0.15) is 12.5 Å². The number of anilines is 1. The first-order valence-corrected chi connectivity index (χ1v) is 5.27. The maximum atomic E-state index is 10.8. The highest BCUT2D eigenvalue weighted by molar-refractivity contribution is 5.79. The molecule has 0 saturated heterocycles. The van der Waals surface area contributed by atoms with Gasteiger partial charge < -0.3 is 15.4 Å². The van der Waals surface area contributed by atoms with Crippen LogP contribution in [0.3, 0.4) is 0 Å². The van der Waals surface area contributed by atoms with Gasteiger partial charge in [-0.25, -0.2) is 0 Å². The van der Waals surface area contributed by atoms with E-state index in [0.29, 0.717) is 6.61 Å². The minimum absolute atomic E-state index is 0.216. The van der Waals surface area contributed by atoms with Crippen LogP contribution in [-0.2, 0) is 4.79 Å². The Labute approximate surface area is 96.0 Å². The third-order valence-electron chi connectivity index (χ3n) is 2.29. The quantitative estimate of drug-likeness (QED) is 0.817. The van der Waals surface area contributed by atoms with E-state index in [-0.39, 0.29) is 12.5 Å². The molecular formula is C12H18N2O2. The van der Waals surface area contributed by atoms with Crippen LogP contribution in [0.4, 0.5) is 5.69 Å². The lowest BCUT2D eigenvalue weighted by atomic mass is 10.2. The molecule has 0 atom stereocenters. The van der Waals surface area contributed by atoms with Gasteiger partial charge in [0.15, 0.2) is 0 Å². The van der Waals surface area contributed by atoms with Crippen molar-refractivity contribution in [3.05, 3.63) is 23.8 Å². The molecule has 1 aromatic rings. The van der Waals surface area contributed by atoms with E-state index in [0.717, 1.165) is 17.0 Å². The van der Waals surface area contributed by atoms with Crippen molar-refractivity contribution in [2.75, 3.05) is 25.1 Å². The van der Waals surface area contributed by atoms with Crippen molar-refractivity contribution in [3.8, 4) is 5.75 Å². The SMILES string of the molecule is CCOc1ccc(N(C)CC(N)=O)cc1C. The number of hydrogen-bond acceptors (Lipinski definition) is 3. The topological polar surface area (TPSA) is 55.6 Å². The van der Waals surface area contributed by atoms with Crippen LogP contribution in [0.5, 0.6) is 5.75 Å². The minimum atomic E-state index is -0.339. The molecule has 2 N–H and O–H groups in total. The van der Waals surface area contributed by atoms with Crippen molar-refractivity contribution in [1.82, 2.24) is 0 Å². The molecule has 0 unspecified atom stereocenters. The van der Waals surface area contributed by atoms with Gasteiger partial charge in [0, 0.05) is 12.7 Å². The summed E-state index contributed by atoms with van der Waals surface area (Å²) in [4.78, 5) is 12.6. The van der Waals surface area contributed by atoms with Crippen LogP contribution in [0.15, 0.2) is 18.2 Å². The maximum Gasteiger partial charge on any atom is 0.236 e. The van der Waals surface area contributed by atoms with Gasteiger partial charge in [0.2, 0.25) is 5.91 Å². The molecule has 0 saturated carbocycles. The first-order valence-electron chi connectivity index (χ1n) is 5.27. The van der Waals surface area contributed by atoms with Crippen molar-refractivity contribution in [3.63, 3.8) is 0 Å². The summed E-state index contributed by atoms with van der Waals surface area (Å²) in [5.41, 5.74) is 7.15. The largest absolute Gasteiger partial charge is 0.494 e. The molecule has 4 nitrogen and oxygen atoms in total. The maximum absolute atomic E-state index is 10.8. The standard InChI is InChI=1S/C12H18N2O2/c1-4-16-11-6-5-10(7-9(11)2)14(3)8-12(13)15/h5-7H,4,8H2,1-3H3,(H2,13,15). The number of primary amides is 1. The van der Waals surface area contributed by atoms with Gasteiger partial charge in [-0.15, -0.1) is 0 Å². The summed E-state index contributed by atoms with van der Waals surface area (Å²) in [5.74, 6) is 0.535. The molecule has 0 aromatic heterocycles. The van der Waals surface area contributed by atoms with Gasteiger partial charge in [-0.2, -0.15) is 0 Å². The second kappa shape index (κ2) is 5.39. The van der Waals surface area contributed by atoms with Gasteiger partial charge in [0.1, 0.15) is 5.75 Å². The van der Waals surface area contributed by atoms with Crippen molar-refractivity contribution in [1.29, 1.82) is 0 Å². The van der Waals surface area contributed by atoms with E-state index < -0.39 is 0 Å². The van der Waals surface area contributed by atoms with Crippen LogP contribution in [0.2, 0.25) is 0 Å². The summed E-state index contributed by atoms with van der Waals surface area (Å²) in [7, 11) is 1.83. The number of nitrogens with zero attached hydrogens (tertiary/aromatic N) is 1. The summed E-state index contributed by atoms with van der Waals surface area (Å²) in [6, 6.07) is 5.81. The highest BCUT2D eigenvalue weighted by atomic mass is 16.5. The lowest BCUT2D eigenvalue weighted by molar-refractivity contribution is -0.116. The molecule has 0 aliphatic heterocycles. The number of amides is 1. The van der Waals surface area contributed by atoms with Crippen LogP contribution < -0.4 is 15.4 Å². The van der Waals surface area contributed by atoms with Gasteiger partial charge in [0.05, 0.1) is 13.2 Å². The summed E-state index contributed by atoms with van der Waals surface area (Å²) >= 11 is 0. The third-order valence-corrected chi connectivity index (χ3v) is 2.29. The Bertz CT molecular complexity index is 377. The molecule has 1 amide bonds. The monoisotopic (exact) mass is 222 g/mol. The molecule has 1 rings (SSSR count). The van der Waals surface area contributed by atoms with E-state index in [1.165, 1.54) is 0 Å². The molecule has 0 fully saturated rings. The Morgan fingerprint density at radius 3 is 2.69 bits per heavy atom. The van der Waals surface area contributed by atoms with Gasteiger partial charge in [-0.1, -0.05) is 0 Å². The predicted octanol–water partition coefficient (Wildman–Crippen LogP) is 1.32. The summed E-state index contributed by atoms with van der Waals surface area (Å²) in [6.07, 6.45) is 0. The van der Waals surface area contributed by atoms with Crippen molar-refractivity contribution in [2.24, 2.45) is 5.73 Å². The first-order chi connectivity index (χ1) is 7.54. The van der Waals surface area contributed by atoms with Gasteiger partial charge in [-0.05, 0) is 37.6 Å². The van der Waals surface area contributed by atoms with E-state index in [9.17, 15) is 4.79 Å². The molecule has 88 valence electrons. The number of nitrogens with two attached hydrogens (primary N) is 1. The zero-order valence-electron chi connectivity index (χ0n) is 9.99. The molecule has 0 heterocycles. The molecule has 0 radical (unpaired) electrons. The van der Waals surface area contributed by atoms with Gasteiger partial charge in [0.25, 0.3) is 0 Å². The lowest BCUT2D eigenvalue weighted by Gasteiger charge is -2.18. The first kappa shape index (κ1) is 12.4. The molecule has 16 heavy (non-hydrogen) atoms. The van der Waals surface area contributed by atoms with E-state index in [2.05, 4.69) is 0 Å². The van der Waals surface area contributed by atoms with Crippen LogP contribution in [0, 0.1) is 6.92 Å². The molecular weight excluding hydrogens is 204 g/mol. The smallest absolute Gasteiger partial charge is 0.236 e. The third kappa shape index (κ3) is 3.15. The minimum Gasteiger partial charge on any atom is -0.494 e. The van der Waals surface area contributed by atoms with Crippen molar-refractivity contribution in [2.45, 2.75) is 13.8 Å². The zero-order chi connectivity index (χ0) is 12.1. The Balaban J connectivity index is 2.83. The molecule has 0 aliphatic carbocycles. The zero-order valence-corrected chi connectivity index (χ0v) is 9.99. The Morgan fingerprint density at radius 2 is 2.19 bits per heavy atom. The highest BCUT2D eigenvalue weighted by Crippen LogP contribution is 2.23. The number of benzene rings is 1. The van der Waals surface area contributed by atoms with E-state index in [1.807, 2.05) is 44.0 Å². The summed E-state index contributed by atoms with van der Waals surface area (Å²) < 4.78 is 5.44. The normalized spacial score (nSPS) is 9.94. The van der Waals surface area contributed by atoms with Crippen molar-refractivity contribution < 1.29 is 9.53 Å². The molecule has 0 bridgehead atoms. The average Bonchev–Trinajstić information content (AvgIpc) is 2.20. The number of carbonyl (C=O) groups is 1. The molecule has 0 aliphatic rings. The van der Waals surface area contributed by atoms with E-state index in [1.54, 1.807) is 0 Å². The second-order valence-corrected chi connectivity index (χ2v) is 3.71. The van der Waals surface area contributed by atoms with Crippen LogP contribution in [-0.4, -0.2) is 26.1 Å². The predicted molar refractivity (Wildman–Crippen MR) is 64.8 cm³/mol. The van der Waals surface area contributed by atoms with Gasteiger partial charge in [-0.3, -0.25) is 4.79 Å². The molecule has 1 aromatic carbocycles. The molecule has 4 heteroatoms. The summed E-state index contributed by atoms with van der Waals surface area (Å²) in [5, 5.41) is 0. The van der Waals surface area contributed by atoms with Gasteiger partial charge >= 0.3 is 0 Å². The number of likely N-dealkylation sites (N-methyl/N-ethyl adjacent to an activating group) is 1. The Hall–Kier alpha value is -1.71. The van der Waals surface area contributed by atoms with Crippen LogP contribution >= 0.6 is 0 Å². The fourth-order valence-electron chi connectivity index (χ4n) is 1.51. The number of ether oxygens (including phenoxy) is 1. The highest BCUT2D eigenvalue weighted by Gasteiger charge is 2.06. The van der Waals surface area contributed by atoms with E-state index >= 15 is 0 Å². The van der Waals surface area contributed by atoms with E-state index in [4.69, 9.17) is 10.5 Å². The number of aryl methyl sites for hydroxylation is 1. The van der Waals surface area contributed by atoms with Crippen LogP contribution in [0.25, 0.3) is 0 Å². The number of carbonyl (C=O) groups excluding carboxylic acids is 1. The summed E-state index contributed by atoms with van der Waals surface area (Å²) in [6.45, 7) is 4.80. The lowest BCUT2D eigenvalue weighted by Crippen LogP contribution is -2.30. The fraction of sp³-hybridized carbons (Fsp3) is 0.417. The molecule has 0 spiro atoms. The number of rotatable bonds is 5. The number of hydrogen-bond donors (Lipinski definition) is 1. The fourth-order valence-corrected chi connectivity index (χ4v) is 1.51. The Kier molecular flexibility index (Phi) is 4.17. The van der Waals surface area contributed by atoms with Crippen molar-refractivity contribution >= 4 is 11.6 Å².